The largest absolute Gasteiger partial charge is 0.384 e. The summed E-state index contributed by atoms with van der Waals surface area (Å²) in [6, 6.07) is 1.80. The number of hydrogen-bond acceptors (Lipinski definition) is 4. The molecule has 0 saturated carbocycles. The fourth-order valence-electron chi connectivity index (χ4n) is 1.67. The number of rotatable bonds is 2. The number of anilines is 1. The van der Waals surface area contributed by atoms with Crippen LogP contribution in [0.3, 0.4) is 0 Å². The van der Waals surface area contributed by atoms with E-state index in [-0.39, 0.29) is 5.84 Å². The lowest BCUT2D eigenvalue weighted by atomic mass is 10.2. The number of nitrogens with zero attached hydrogens (tertiary/aromatic N) is 2. The predicted octanol–water partition coefficient (Wildman–Crippen LogP) is 0.919. The number of thioether (sulfide) groups is 1. The van der Waals surface area contributed by atoms with Gasteiger partial charge in [-0.3, -0.25) is 10.4 Å². The van der Waals surface area contributed by atoms with Crippen LogP contribution in [0, 0.1) is 5.41 Å². The molecule has 4 nitrogen and oxygen atoms in total. The molecule has 0 bridgehead atoms. The topological polar surface area (TPSA) is 66.0 Å². The summed E-state index contributed by atoms with van der Waals surface area (Å²) in [6.07, 6.45) is 3.48. The third kappa shape index (κ3) is 2.23. The van der Waals surface area contributed by atoms with Crippen molar-refractivity contribution in [2.45, 2.75) is 0 Å². The molecule has 1 aromatic heterocycles. The summed E-state index contributed by atoms with van der Waals surface area (Å²) in [5, 5.41) is 7.51. The maximum Gasteiger partial charge on any atom is 0.125 e. The lowest BCUT2D eigenvalue weighted by molar-refractivity contribution is 0.853. The maximum absolute atomic E-state index is 7.51. The summed E-state index contributed by atoms with van der Waals surface area (Å²) >= 11 is 1.96. The molecule has 0 aromatic carbocycles. The third-order valence-electron chi connectivity index (χ3n) is 2.44. The van der Waals surface area contributed by atoms with Gasteiger partial charge >= 0.3 is 0 Å². The number of hydrogen-bond donors (Lipinski definition) is 2. The van der Waals surface area contributed by atoms with E-state index in [0.29, 0.717) is 0 Å². The molecule has 1 aliphatic heterocycles. The minimum absolute atomic E-state index is 0.116. The molecular weight excluding hydrogens is 208 g/mol. The van der Waals surface area contributed by atoms with E-state index in [0.717, 1.165) is 35.8 Å². The summed E-state index contributed by atoms with van der Waals surface area (Å²) in [7, 11) is 0. The molecule has 80 valence electrons. The molecule has 0 amide bonds. The van der Waals surface area contributed by atoms with Crippen molar-refractivity contribution < 1.29 is 0 Å². The molecule has 0 aliphatic carbocycles. The zero-order valence-electron chi connectivity index (χ0n) is 8.44. The van der Waals surface area contributed by atoms with E-state index in [1.165, 1.54) is 0 Å². The molecule has 5 heteroatoms. The van der Waals surface area contributed by atoms with E-state index < -0.39 is 0 Å². The van der Waals surface area contributed by atoms with E-state index in [2.05, 4.69) is 9.88 Å². The van der Waals surface area contributed by atoms with Crippen LogP contribution < -0.4 is 10.6 Å². The maximum atomic E-state index is 7.51. The van der Waals surface area contributed by atoms with Crippen molar-refractivity contribution in [2.75, 3.05) is 29.5 Å². The van der Waals surface area contributed by atoms with Gasteiger partial charge in [0.2, 0.25) is 0 Å². The van der Waals surface area contributed by atoms with Gasteiger partial charge in [0.15, 0.2) is 0 Å². The van der Waals surface area contributed by atoms with Gasteiger partial charge in [-0.25, -0.2) is 0 Å². The van der Waals surface area contributed by atoms with Gasteiger partial charge in [0.1, 0.15) is 5.84 Å². The Bertz CT molecular complexity index is 360. The number of nitrogens with one attached hydrogen (secondary N) is 1. The fourth-order valence-corrected chi connectivity index (χ4v) is 2.57. The van der Waals surface area contributed by atoms with E-state index in [4.69, 9.17) is 11.1 Å². The molecule has 2 heterocycles. The SMILES string of the molecule is N=C(N)c1ccncc1N1CCSCC1. The lowest BCUT2D eigenvalue weighted by Crippen LogP contribution is -2.34. The Morgan fingerprint density at radius 2 is 2.20 bits per heavy atom. The number of nitrogen functional groups attached to an aromatic ring is 1. The van der Waals surface area contributed by atoms with Gasteiger partial charge in [-0.1, -0.05) is 0 Å². The van der Waals surface area contributed by atoms with E-state index in [1.54, 1.807) is 18.5 Å². The molecule has 0 unspecified atom stereocenters. The summed E-state index contributed by atoms with van der Waals surface area (Å²) in [6.45, 7) is 2.02. The van der Waals surface area contributed by atoms with Crippen LogP contribution in [0.25, 0.3) is 0 Å². The quantitative estimate of drug-likeness (QED) is 0.577. The van der Waals surface area contributed by atoms with Crippen molar-refractivity contribution in [3.63, 3.8) is 0 Å². The Labute approximate surface area is 93.4 Å². The molecular formula is C10H14N4S. The average molecular weight is 222 g/mol. The fraction of sp³-hybridized carbons (Fsp3) is 0.400. The minimum atomic E-state index is 0.116. The second-order valence-corrected chi connectivity index (χ2v) is 4.63. The highest BCUT2D eigenvalue weighted by atomic mass is 32.2. The van der Waals surface area contributed by atoms with Crippen molar-refractivity contribution in [2.24, 2.45) is 5.73 Å². The predicted molar refractivity (Wildman–Crippen MR) is 64.8 cm³/mol. The highest BCUT2D eigenvalue weighted by molar-refractivity contribution is 7.99. The first-order chi connectivity index (χ1) is 7.29. The number of aromatic nitrogens is 1. The monoisotopic (exact) mass is 222 g/mol. The summed E-state index contributed by atoms with van der Waals surface area (Å²) in [5.74, 6) is 2.38. The van der Waals surface area contributed by atoms with Crippen LogP contribution in [0.5, 0.6) is 0 Å². The zero-order chi connectivity index (χ0) is 10.7. The standard InChI is InChI=1S/C10H14N4S/c11-10(12)8-1-2-13-7-9(8)14-3-5-15-6-4-14/h1-2,7H,3-6H2,(H3,11,12). The van der Waals surface area contributed by atoms with Crippen molar-refractivity contribution in [1.82, 2.24) is 4.98 Å². The molecule has 0 radical (unpaired) electrons. The molecule has 2 rings (SSSR count). The Hall–Kier alpha value is -1.23. The average Bonchev–Trinajstić information content (AvgIpc) is 2.30. The smallest absolute Gasteiger partial charge is 0.125 e. The molecule has 1 aromatic rings. The summed E-state index contributed by atoms with van der Waals surface area (Å²) < 4.78 is 0. The second-order valence-electron chi connectivity index (χ2n) is 3.41. The van der Waals surface area contributed by atoms with Crippen LogP contribution in [0.15, 0.2) is 18.5 Å². The van der Waals surface area contributed by atoms with Gasteiger partial charge in [-0.2, -0.15) is 11.8 Å². The molecule has 3 N–H and O–H groups in total. The number of amidine groups is 1. The normalized spacial score (nSPS) is 16.4. The molecule has 15 heavy (non-hydrogen) atoms. The van der Waals surface area contributed by atoms with Crippen molar-refractivity contribution in [3.05, 3.63) is 24.0 Å². The van der Waals surface area contributed by atoms with Gasteiger partial charge in [0.05, 0.1) is 11.9 Å². The Morgan fingerprint density at radius 3 is 2.87 bits per heavy atom. The minimum Gasteiger partial charge on any atom is -0.384 e. The Morgan fingerprint density at radius 1 is 1.47 bits per heavy atom. The van der Waals surface area contributed by atoms with Crippen molar-refractivity contribution >= 4 is 23.3 Å². The van der Waals surface area contributed by atoms with Crippen molar-refractivity contribution in [1.29, 1.82) is 5.41 Å². The zero-order valence-corrected chi connectivity index (χ0v) is 9.26. The van der Waals surface area contributed by atoms with Gasteiger partial charge < -0.3 is 10.6 Å². The van der Waals surface area contributed by atoms with Crippen LogP contribution in [0.2, 0.25) is 0 Å². The molecule has 1 fully saturated rings. The van der Waals surface area contributed by atoms with Gasteiger partial charge in [0, 0.05) is 36.4 Å². The Kier molecular flexibility index (Phi) is 3.11. The van der Waals surface area contributed by atoms with Crippen LogP contribution >= 0.6 is 11.8 Å². The Balaban J connectivity index is 2.29. The van der Waals surface area contributed by atoms with Gasteiger partial charge in [-0.15, -0.1) is 0 Å². The van der Waals surface area contributed by atoms with Gasteiger partial charge in [0.25, 0.3) is 0 Å². The molecule has 0 spiro atoms. The first-order valence-electron chi connectivity index (χ1n) is 4.90. The van der Waals surface area contributed by atoms with E-state index in [1.807, 2.05) is 11.8 Å². The summed E-state index contributed by atoms with van der Waals surface area (Å²) in [5.41, 5.74) is 7.32. The summed E-state index contributed by atoms with van der Waals surface area (Å²) in [4.78, 5) is 6.35. The van der Waals surface area contributed by atoms with Gasteiger partial charge in [-0.05, 0) is 6.07 Å². The second kappa shape index (κ2) is 4.53. The first-order valence-corrected chi connectivity index (χ1v) is 6.05. The molecule has 0 atom stereocenters. The van der Waals surface area contributed by atoms with Crippen molar-refractivity contribution in [3.8, 4) is 0 Å². The van der Waals surface area contributed by atoms with Crippen LogP contribution in [-0.2, 0) is 0 Å². The third-order valence-corrected chi connectivity index (χ3v) is 3.38. The first kappa shape index (κ1) is 10.3. The molecule has 1 saturated heterocycles. The highest BCUT2D eigenvalue weighted by Crippen LogP contribution is 2.22. The van der Waals surface area contributed by atoms with E-state index >= 15 is 0 Å². The molecule has 1 aliphatic rings. The van der Waals surface area contributed by atoms with E-state index in [9.17, 15) is 0 Å². The lowest BCUT2D eigenvalue weighted by Gasteiger charge is -2.29. The van der Waals surface area contributed by atoms with Crippen LogP contribution in [0.4, 0.5) is 5.69 Å². The van der Waals surface area contributed by atoms with Crippen LogP contribution in [-0.4, -0.2) is 35.4 Å². The van der Waals surface area contributed by atoms with Crippen LogP contribution in [0.1, 0.15) is 5.56 Å². The number of nitrogens with two attached hydrogens (primary N) is 1. The number of pyridine rings is 1. The highest BCUT2D eigenvalue weighted by Gasteiger charge is 2.15.